The third-order valence-electron chi connectivity index (χ3n) is 7.80. The molecule has 6 heteroatoms. The van der Waals surface area contributed by atoms with E-state index in [1.807, 2.05) is 24.4 Å². The zero-order chi connectivity index (χ0) is 29.5. The number of benzene rings is 5. The second-order valence-electron chi connectivity index (χ2n) is 10.6. The molecule has 0 aliphatic carbocycles. The summed E-state index contributed by atoms with van der Waals surface area (Å²) in [5.74, 6) is 1.76. The summed E-state index contributed by atoms with van der Waals surface area (Å²) in [6.07, 6.45) is 3.64. The molecule has 8 rings (SSSR count). The number of hydrogen-bond acceptors (Lipinski definition) is 4. The van der Waals surface area contributed by atoms with Crippen molar-refractivity contribution in [3.05, 3.63) is 150 Å². The van der Waals surface area contributed by atoms with Gasteiger partial charge in [-0.2, -0.15) is 9.97 Å². The zero-order valence-corrected chi connectivity index (χ0v) is 25.1. The Hall–Kier alpha value is -5.46. The fourth-order valence-electron chi connectivity index (χ4n) is 5.72. The van der Waals surface area contributed by atoms with Crippen molar-refractivity contribution in [2.45, 2.75) is 0 Å². The minimum Gasteiger partial charge on any atom is -0.278 e. The van der Waals surface area contributed by atoms with Crippen molar-refractivity contribution in [3.8, 4) is 51.0 Å². The van der Waals surface area contributed by atoms with Crippen LogP contribution in [0.1, 0.15) is 0 Å². The highest BCUT2D eigenvalue weighted by Crippen LogP contribution is 2.34. The lowest BCUT2D eigenvalue weighted by atomic mass is 10.0. The van der Waals surface area contributed by atoms with Gasteiger partial charge in [0.15, 0.2) is 11.6 Å². The SMILES string of the molecule is Brc1cc(-c2cccnc2)cc(-c2nc(-c3ccc(-c4ccccc4)cc3)nc(-n3c4ccccc4c4ccccc43)n2)c1. The van der Waals surface area contributed by atoms with Crippen LogP contribution < -0.4 is 0 Å². The summed E-state index contributed by atoms with van der Waals surface area (Å²) in [4.78, 5) is 19.6. The number of hydrogen-bond donors (Lipinski definition) is 0. The van der Waals surface area contributed by atoms with Crippen LogP contribution in [0.4, 0.5) is 0 Å². The van der Waals surface area contributed by atoms with E-state index in [0.29, 0.717) is 17.6 Å². The Morgan fingerprint density at radius 2 is 1.02 bits per heavy atom. The van der Waals surface area contributed by atoms with Crippen LogP contribution in [-0.4, -0.2) is 24.5 Å². The molecule has 0 aliphatic rings. The van der Waals surface area contributed by atoms with Gasteiger partial charge in [0.25, 0.3) is 0 Å². The number of rotatable bonds is 5. The van der Waals surface area contributed by atoms with Crippen LogP contribution >= 0.6 is 15.9 Å². The van der Waals surface area contributed by atoms with Gasteiger partial charge in [-0.15, -0.1) is 0 Å². The third kappa shape index (κ3) is 4.75. The highest BCUT2D eigenvalue weighted by molar-refractivity contribution is 9.10. The predicted octanol–water partition coefficient (Wildman–Crippen LogP) is 9.79. The molecule has 0 bridgehead atoms. The number of pyridine rings is 1. The van der Waals surface area contributed by atoms with Crippen molar-refractivity contribution in [2.24, 2.45) is 0 Å². The van der Waals surface area contributed by atoms with E-state index in [1.165, 1.54) is 5.56 Å². The van der Waals surface area contributed by atoms with E-state index in [-0.39, 0.29) is 0 Å². The largest absolute Gasteiger partial charge is 0.278 e. The van der Waals surface area contributed by atoms with Crippen LogP contribution in [0.3, 0.4) is 0 Å². The molecule has 0 radical (unpaired) electrons. The molecule has 44 heavy (non-hydrogen) atoms. The molecule has 0 aliphatic heterocycles. The van der Waals surface area contributed by atoms with Gasteiger partial charge in [-0.3, -0.25) is 9.55 Å². The molecule has 0 unspecified atom stereocenters. The molecule has 3 aromatic heterocycles. The number of aromatic nitrogens is 5. The van der Waals surface area contributed by atoms with Gasteiger partial charge in [0.1, 0.15) is 0 Å². The highest BCUT2D eigenvalue weighted by Gasteiger charge is 2.18. The maximum absolute atomic E-state index is 5.12. The van der Waals surface area contributed by atoms with E-state index in [1.54, 1.807) is 6.20 Å². The average molecular weight is 631 g/mol. The van der Waals surface area contributed by atoms with Crippen LogP contribution in [-0.2, 0) is 0 Å². The monoisotopic (exact) mass is 629 g/mol. The average Bonchev–Trinajstić information content (AvgIpc) is 3.43. The van der Waals surface area contributed by atoms with Gasteiger partial charge in [0, 0.05) is 44.3 Å². The first-order valence-corrected chi connectivity index (χ1v) is 15.1. The number of halogens is 1. The second-order valence-corrected chi connectivity index (χ2v) is 11.5. The first-order valence-electron chi connectivity index (χ1n) is 14.3. The van der Waals surface area contributed by atoms with Crippen molar-refractivity contribution in [3.63, 3.8) is 0 Å². The summed E-state index contributed by atoms with van der Waals surface area (Å²) >= 11 is 3.73. The van der Waals surface area contributed by atoms with E-state index in [9.17, 15) is 0 Å². The quantitative estimate of drug-likeness (QED) is 0.190. The summed E-state index contributed by atoms with van der Waals surface area (Å²) in [5, 5.41) is 2.31. The van der Waals surface area contributed by atoms with Crippen molar-refractivity contribution < 1.29 is 0 Å². The maximum Gasteiger partial charge on any atom is 0.238 e. The second kappa shape index (κ2) is 11.0. The first-order chi connectivity index (χ1) is 21.7. The molecule has 8 aromatic rings. The Kier molecular flexibility index (Phi) is 6.54. The summed E-state index contributed by atoms with van der Waals surface area (Å²) in [5.41, 5.74) is 8.22. The van der Waals surface area contributed by atoms with Gasteiger partial charge in [0.05, 0.1) is 11.0 Å². The van der Waals surface area contributed by atoms with Crippen molar-refractivity contribution >= 4 is 37.7 Å². The summed E-state index contributed by atoms with van der Waals surface area (Å²) in [6, 6.07) is 45.8. The molecule has 0 fully saturated rings. The Morgan fingerprint density at radius 1 is 0.455 bits per heavy atom. The molecule has 0 N–H and O–H groups in total. The van der Waals surface area contributed by atoms with Gasteiger partial charge in [-0.05, 0) is 53.1 Å². The van der Waals surface area contributed by atoms with E-state index in [0.717, 1.165) is 54.1 Å². The lowest BCUT2D eigenvalue weighted by molar-refractivity contribution is 0.953. The molecule has 0 saturated carbocycles. The maximum atomic E-state index is 5.12. The minimum atomic E-state index is 0.567. The molecule has 5 nitrogen and oxygen atoms in total. The molecular formula is C38H24BrN5. The number of fused-ring (bicyclic) bond motifs is 3. The summed E-state index contributed by atoms with van der Waals surface area (Å²) in [7, 11) is 0. The van der Waals surface area contributed by atoms with Crippen molar-refractivity contribution in [1.29, 1.82) is 0 Å². The molecular weight excluding hydrogens is 606 g/mol. The normalized spacial score (nSPS) is 11.3. The predicted molar refractivity (Wildman–Crippen MR) is 181 cm³/mol. The van der Waals surface area contributed by atoms with Gasteiger partial charge < -0.3 is 0 Å². The number of para-hydroxylation sites is 2. The Labute approximate surface area is 262 Å². The van der Waals surface area contributed by atoms with Gasteiger partial charge >= 0.3 is 0 Å². The summed E-state index contributed by atoms with van der Waals surface area (Å²) < 4.78 is 3.07. The van der Waals surface area contributed by atoms with Crippen LogP contribution in [0.2, 0.25) is 0 Å². The Bertz CT molecular complexity index is 2220. The van der Waals surface area contributed by atoms with Crippen LogP contribution in [0, 0.1) is 0 Å². The molecule has 0 atom stereocenters. The minimum absolute atomic E-state index is 0.567. The standard InChI is InChI=1S/C38H24BrN5/c39-31-22-29(28-11-8-20-40-24-28)21-30(23-31)37-41-36(27-18-16-26(17-19-27)25-9-2-1-3-10-25)42-38(43-37)44-34-14-6-4-12-32(34)33-13-5-7-15-35(33)44/h1-24H. The van der Waals surface area contributed by atoms with Gasteiger partial charge in [-0.25, -0.2) is 4.98 Å². The topological polar surface area (TPSA) is 56.5 Å². The first kappa shape index (κ1) is 26.2. The zero-order valence-electron chi connectivity index (χ0n) is 23.5. The van der Waals surface area contributed by atoms with E-state index in [2.05, 4.69) is 141 Å². The fraction of sp³-hybridized carbons (Fsp3) is 0. The number of nitrogens with zero attached hydrogens (tertiary/aromatic N) is 5. The Balaban J connectivity index is 1.35. The van der Waals surface area contributed by atoms with Crippen molar-refractivity contribution in [2.75, 3.05) is 0 Å². The highest BCUT2D eigenvalue weighted by atomic mass is 79.9. The molecule has 0 saturated heterocycles. The third-order valence-corrected chi connectivity index (χ3v) is 8.26. The van der Waals surface area contributed by atoms with Gasteiger partial charge in [0.2, 0.25) is 5.95 Å². The smallest absolute Gasteiger partial charge is 0.238 e. The summed E-state index contributed by atoms with van der Waals surface area (Å²) in [6.45, 7) is 0. The van der Waals surface area contributed by atoms with E-state index >= 15 is 0 Å². The molecule has 208 valence electrons. The molecule has 5 aromatic carbocycles. The lowest BCUT2D eigenvalue weighted by Gasteiger charge is -2.12. The molecule has 0 spiro atoms. The van der Waals surface area contributed by atoms with Crippen LogP contribution in [0.15, 0.2) is 150 Å². The lowest BCUT2D eigenvalue weighted by Crippen LogP contribution is -2.06. The van der Waals surface area contributed by atoms with E-state index in [4.69, 9.17) is 15.0 Å². The fourth-order valence-corrected chi connectivity index (χ4v) is 6.22. The van der Waals surface area contributed by atoms with Crippen LogP contribution in [0.5, 0.6) is 0 Å². The molecule has 3 heterocycles. The Morgan fingerprint density at radius 3 is 1.70 bits per heavy atom. The van der Waals surface area contributed by atoms with Gasteiger partial charge in [-0.1, -0.05) is 113 Å². The van der Waals surface area contributed by atoms with Crippen molar-refractivity contribution in [1.82, 2.24) is 24.5 Å². The molecule has 0 amide bonds. The van der Waals surface area contributed by atoms with E-state index < -0.39 is 0 Å². The van der Waals surface area contributed by atoms with Crippen LogP contribution in [0.25, 0.3) is 72.8 Å².